The Labute approximate surface area is 69.5 Å². The van der Waals surface area contributed by atoms with Crippen LogP contribution in [0.3, 0.4) is 0 Å². The number of carboxylic acid groups (broad SMARTS) is 1. The molecule has 0 amide bonds. The number of esters is 1. The Morgan fingerprint density at radius 3 is 2.92 bits per heavy atom. The maximum Gasteiger partial charge on any atom is 0.310 e. The van der Waals surface area contributed by atoms with Crippen molar-refractivity contribution in [3.8, 4) is 0 Å². The van der Waals surface area contributed by atoms with Crippen LogP contribution < -0.4 is 0 Å². The molecule has 1 N–H and O–H groups in total. The lowest BCUT2D eigenvalue weighted by molar-refractivity contribution is -0.151. The Morgan fingerprint density at radius 1 is 1.50 bits per heavy atom. The van der Waals surface area contributed by atoms with E-state index in [0.717, 1.165) is 6.42 Å². The molecule has 2 rings (SSSR count). The molecule has 1 saturated heterocycles. The molecule has 2 unspecified atom stereocenters. The van der Waals surface area contributed by atoms with E-state index in [1.165, 1.54) is 0 Å². The molecule has 1 saturated carbocycles. The van der Waals surface area contributed by atoms with Crippen molar-refractivity contribution in [2.75, 3.05) is 0 Å². The molecule has 0 aromatic rings. The lowest BCUT2D eigenvalue weighted by Crippen LogP contribution is -2.25. The predicted octanol–water partition coefficient (Wildman–Crippen LogP) is 0.413. The summed E-state index contributed by atoms with van der Waals surface area (Å²) >= 11 is 0. The van der Waals surface area contributed by atoms with Gasteiger partial charge < -0.3 is 9.84 Å². The third-order valence-corrected chi connectivity index (χ3v) is 2.72. The number of carbonyl (C=O) groups is 2. The number of hydrogen-bond acceptors (Lipinski definition) is 3. The zero-order valence-electron chi connectivity index (χ0n) is 6.53. The summed E-state index contributed by atoms with van der Waals surface area (Å²) in [6.07, 6.45) is 1.54. The highest BCUT2D eigenvalue weighted by atomic mass is 16.6. The van der Waals surface area contributed by atoms with Crippen LogP contribution in [0.4, 0.5) is 0 Å². The second-order valence-electron chi connectivity index (χ2n) is 3.44. The summed E-state index contributed by atoms with van der Waals surface area (Å²) in [7, 11) is 0. The van der Waals surface area contributed by atoms with Gasteiger partial charge in [0.25, 0.3) is 0 Å². The Bertz CT molecular complexity index is 235. The van der Waals surface area contributed by atoms with E-state index in [1.54, 1.807) is 0 Å². The fraction of sp³-hybridized carbons (Fsp3) is 0.750. The van der Waals surface area contributed by atoms with E-state index in [0.29, 0.717) is 12.8 Å². The Morgan fingerprint density at radius 2 is 2.25 bits per heavy atom. The van der Waals surface area contributed by atoms with E-state index < -0.39 is 11.9 Å². The molecule has 0 aromatic heterocycles. The van der Waals surface area contributed by atoms with Gasteiger partial charge in [-0.2, -0.15) is 0 Å². The van der Waals surface area contributed by atoms with Crippen LogP contribution in [0.2, 0.25) is 0 Å². The molecule has 12 heavy (non-hydrogen) atoms. The average molecular weight is 170 g/mol. The van der Waals surface area contributed by atoms with E-state index in [-0.39, 0.29) is 18.0 Å². The fourth-order valence-electron chi connectivity index (χ4n) is 2.13. The number of rotatable bonds is 1. The van der Waals surface area contributed by atoms with Crippen LogP contribution in [0, 0.1) is 11.8 Å². The lowest BCUT2D eigenvalue weighted by atomic mass is 10.0. The zero-order chi connectivity index (χ0) is 8.72. The number of carbonyl (C=O) groups excluding carboxylic acids is 1. The van der Waals surface area contributed by atoms with Crippen molar-refractivity contribution < 1.29 is 19.4 Å². The number of hydrogen-bond donors (Lipinski definition) is 1. The summed E-state index contributed by atoms with van der Waals surface area (Å²) in [4.78, 5) is 21.5. The predicted molar refractivity (Wildman–Crippen MR) is 38.3 cm³/mol. The molecule has 1 aliphatic heterocycles. The van der Waals surface area contributed by atoms with Crippen molar-refractivity contribution in [3.05, 3.63) is 0 Å². The summed E-state index contributed by atoms with van der Waals surface area (Å²) in [5, 5.41) is 8.76. The molecule has 0 aromatic carbocycles. The Kier molecular flexibility index (Phi) is 1.56. The normalized spacial score (nSPS) is 39.3. The average Bonchev–Trinajstić information content (AvgIpc) is 2.43. The van der Waals surface area contributed by atoms with Crippen molar-refractivity contribution in [2.24, 2.45) is 11.8 Å². The van der Waals surface area contributed by atoms with Gasteiger partial charge in [0.2, 0.25) is 0 Å². The summed E-state index contributed by atoms with van der Waals surface area (Å²) in [5.41, 5.74) is 0. The number of carboxylic acids is 1. The smallest absolute Gasteiger partial charge is 0.310 e. The van der Waals surface area contributed by atoms with E-state index >= 15 is 0 Å². The van der Waals surface area contributed by atoms with Gasteiger partial charge in [-0.1, -0.05) is 0 Å². The van der Waals surface area contributed by atoms with Crippen LogP contribution in [-0.4, -0.2) is 23.1 Å². The molecule has 0 radical (unpaired) electrons. The summed E-state index contributed by atoms with van der Waals surface area (Å²) in [6, 6.07) is 0. The van der Waals surface area contributed by atoms with Gasteiger partial charge in [-0.25, -0.2) is 0 Å². The molecule has 0 spiro atoms. The molecule has 4 heteroatoms. The van der Waals surface area contributed by atoms with Crippen molar-refractivity contribution >= 4 is 11.9 Å². The van der Waals surface area contributed by atoms with Crippen molar-refractivity contribution in [1.82, 2.24) is 0 Å². The van der Waals surface area contributed by atoms with E-state index in [1.807, 2.05) is 0 Å². The van der Waals surface area contributed by atoms with Gasteiger partial charge in [0, 0.05) is 5.92 Å². The number of fused-ring (bicyclic) bond motifs is 1. The first-order valence-corrected chi connectivity index (χ1v) is 4.11. The molecule has 0 bridgehead atoms. The van der Waals surface area contributed by atoms with Gasteiger partial charge in [-0.15, -0.1) is 0 Å². The summed E-state index contributed by atoms with van der Waals surface area (Å²) in [5.74, 6) is -1.37. The van der Waals surface area contributed by atoms with Crippen LogP contribution in [0.25, 0.3) is 0 Å². The van der Waals surface area contributed by atoms with Crippen molar-refractivity contribution in [1.29, 1.82) is 0 Å². The highest BCUT2D eigenvalue weighted by Crippen LogP contribution is 2.40. The van der Waals surface area contributed by atoms with Crippen LogP contribution in [0.1, 0.15) is 19.3 Å². The molecule has 1 heterocycles. The highest BCUT2D eigenvalue weighted by Gasteiger charge is 2.47. The first-order valence-electron chi connectivity index (χ1n) is 4.11. The fourth-order valence-corrected chi connectivity index (χ4v) is 2.13. The Balaban J connectivity index is 2.13. The van der Waals surface area contributed by atoms with Gasteiger partial charge >= 0.3 is 11.9 Å². The second-order valence-corrected chi connectivity index (χ2v) is 3.44. The molecule has 3 atom stereocenters. The molecular weight excluding hydrogens is 160 g/mol. The molecule has 1 aliphatic carbocycles. The second kappa shape index (κ2) is 2.47. The maximum atomic E-state index is 10.8. The first-order chi connectivity index (χ1) is 5.68. The number of aliphatic carboxylic acids is 1. The van der Waals surface area contributed by atoms with Gasteiger partial charge in [-0.3, -0.25) is 9.59 Å². The van der Waals surface area contributed by atoms with Crippen molar-refractivity contribution in [2.45, 2.75) is 25.4 Å². The largest absolute Gasteiger partial charge is 0.481 e. The minimum absolute atomic E-state index is 0.165. The molecule has 2 aliphatic rings. The number of ether oxygens (including phenoxy) is 1. The van der Waals surface area contributed by atoms with Gasteiger partial charge in [0.1, 0.15) is 6.10 Å². The third-order valence-electron chi connectivity index (χ3n) is 2.72. The minimum atomic E-state index is -0.836. The monoisotopic (exact) mass is 170 g/mol. The lowest BCUT2D eigenvalue weighted by Gasteiger charge is -2.12. The maximum absolute atomic E-state index is 10.8. The quantitative estimate of drug-likeness (QED) is 0.579. The van der Waals surface area contributed by atoms with Crippen LogP contribution in [0.15, 0.2) is 0 Å². The molecule has 4 nitrogen and oxygen atoms in total. The van der Waals surface area contributed by atoms with Crippen molar-refractivity contribution in [3.63, 3.8) is 0 Å². The van der Waals surface area contributed by atoms with Gasteiger partial charge in [-0.05, 0) is 12.8 Å². The van der Waals surface area contributed by atoms with Crippen LogP contribution in [0.5, 0.6) is 0 Å². The van der Waals surface area contributed by atoms with Crippen LogP contribution >= 0.6 is 0 Å². The molecule has 2 fully saturated rings. The summed E-state index contributed by atoms with van der Waals surface area (Å²) in [6.45, 7) is 0. The van der Waals surface area contributed by atoms with E-state index in [4.69, 9.17) is 9.84 Å². The SMILES string of the molecule is O=C1CC2CCC(C(=O)O)[C@H]2O1. The first kappa shape index (κ1) is 7.58. The van der Waals surface area contributed by atoms with E-state index in [9.17, 15) is 9.59 Å². The van der Waals surface area contributed by atoms with E-state index in [2.05, 4.69) is 0 Å². The zero-order valence-corrected chi connectivity index (χ0v) is 6.53. The van der Waals surface area contributed by atoms with Gasteiger partial charge in [0.15, 0.2) is 0 Å². The third kappa shape index (κ3) is 0.983. The van der Waals surface area contributed by atoms with Crippen LogP contribution in [-0.2, 0) is 14.3 Å². The molecular formula is C8H10O4. The standard InChI is InChI=1S/C8H10O4/c9-6-3-4-1-2-5(8(10)11)7(4)12-6/h4-5,7H,1-3H2,(H,10,11)/t4?,5?,7-/m0/s1. The summed E-state index contributed by atoms with van der Waals surface area (Å²) < 4.78 is 4.94. The Hall–Kier alpha value is -1.06. The van der Waals surface area contributed by atoms with Gasteiger partial charge in [0.05, 0.1) is 12.3 Å². The molecule has 66 valence electrons. The minimum Gasteiger partial charge on any atom is -0.481 e. The topological polar surface area (TPSA) is 63.6 Å². The highest BCUT2D eigenvalue weighted by molar-refractivity contribution is 5.76.